The molecule has 2 aliphatic heterocycles. The Labute approximate surface area is 303 Å². The van der Waals surface area contributed by atoms with Gasteiger partial charge in [0.1, 0.15) is 18.0 Å². The number of hydrogen-bond donors (Lipinski definition) is 2. The van der Waals surface area contributed by atoms with Crippen LogP contribution in [0.15, 0.2) is 24.3 Å². The molecule has 2 heterocycles. The highest BCUT2D eigenvalue weighted by Crippen LogP contribution is 2.37. The Morgan fingerprint density at radius 3 is 2.04 bits per heavy atom. The van der Waals surface area contributed by atoms with E-state index in [0.717, 1.165) is 24.2 Å². The number of carbonyl (C=O) groups is 2. The van der Waals surface area contributed by atoms with E-state index >= 15 is 0 Å². The summed E-state index contributed by atoms with van der Waals surface area (Å²) >= 11 is 0. The second-order valence-corrected chi connectivity index (χ2v) is 21.4. The Bertz CT molecular complexity index is 1160. The minimum absolute atomic E-state index is 0.0141. The molecule has 10 heteroatoms. The smallest absolute Gasteiger partial charge is 0.252 e. The van der Waals surface area contributed by atoms with E-state index in [1.54, 1.807) is 7.11 Å². The third-order valence-electron chi connectivity index (χ3n) is 12.0. The average Bonchev–Trinajstić information content (AvgIpc) is 3.12. The van der Waals surface area contributed by atoms with E-state index in [1.165, 1.54) is 64.2 Å². The van der Waals surface area contributed by atoms with E-state index in [0.29, 0.717) is 51.0 Å². The molecular weight excluding hydrogens is 649 g/mol. The third kappa shape index (κ3) is 11.8. The molecular formula is C40H68N2O7Si. The van der Waals surface area contributed by atoms with Crippen molar-refractivity contribution in [3.8, 4) is 5.75 Å². The van der Waals surface area contributed by atoms with Gasteiger partial charge in [-0.25, -0.2) is 0 Å². The van der Waals surface area contributed by atoms with Gasteiger partial charge >= 0.3 is 0 Å². The molecule has 4 atom stereocenters. The lowest BCUT2D eigenvalue weighted by Crippen LogP contribution is -2.56. The molecule has 9 nitrogen and oxygen atoms in total. The maximum atomic E-state index is 13.6. The van der Waals surface area contributed by atoms with Crippen LogP contribution >= 0.6 is 0 Å². The molecule has 2 aliphatic carbocycles. The maximum Gasteiger partial charge on any atom is 0.252 e. The lowest BCUT2D eigenvalue weighted by molar-refractivity contribution is -0.165. The lowest BCUT2D eigenvalue weighted by atomic mass is 9.82. The van der Waals surface area contributed by atoms with Crippen molar-refractivity contribution >= 4 is 20.1 Å². The largest absolute Gasteiger partial charge is 0.497 e. The minimum atomic E-state index is -1.76. The van der Waals surface area contributed by atoms with Crippen LogP contribution in [-0.2, 0) is 30.0 Å². The fourth-order valence-corrected chi connectivity index (χ4v) is 8.76. The summed E-state index contributed by atoms with van der Waals surface area (Å²) in [7, 11) is -0.0814. The molecule has 0 bridgehead atoms. The lowest BCUT2D eigenvalue weighted by Gasteiger charge is -2.44. The Hall–Kier alpha value is -1.98. The number of hydrogen-bond acceptors (Lipinski definition) is 7. The Morgan fingerprint density at radius 1 is 0.860 bits per heavy atom. The predicted molar refractivity (Wildman–Crippen MR) is 201 cm³/mol. The van der Waals surface area contributed by atoms with E-state index in [4.69, 9.17) is 23.7 Å². The van der Waals surface area contributed by atoms with Crippen LogP contribution < -0.4 is 10.1 Å². The predicted octanol–water partition coefficient (Wildman–Crippen LogP) is 7.40. The number of benzene rings is 1. The van der Waals surface area contributed by atoms with Crippen LogP contribution in [0.2, 0.25) is 18.1 Å². The number of methoxy groups -OCH3 is 1. The van der Waals surface area contributed by atoms with Crippen molar-refractivity contribution < 1.29 is 33.3 Å². The first-order chi connectivity index (χ1) is 23.9. The van der Waals surface area contributed by atoms with Gasteiger partial charge in [-0.1, -0.05) is 71.4 Å². The highest BCUT2D eigenvalue weighted by molar-refractivity contribution is 6.74. The quantitative estimate of drug-likeness (QED) is 0.162. The molecule has 4 fully saturated rings. The normalized spacial score (nSPS) is 25.9. The summed E-state index contributed by atoms with van der Waals surface area (Å²) in [6.07, 6.45) is 14.7. The summed E-state index contributed by atoms with van der Waals surface area (Å²) in [6.45, 7) is 14.1. The summed E-state index contributed by atoms with van der Waals surface area (Å²) in [5.74, 6) is 2.16. The number of aliphatic hydroxyl groups is 1. The molecule has 0 radical (unpaired) electrons. The van der Waals surface area contributed by atoms with Gasteiger partial charge in [-0.3, -0.25) is 9.59 Å². The SMILES string of the molecule is COc1ccc(CN2C(=O)C(CCCO[Si](C)(C)C(C)(C)C)OCC2C2CCCCC2)cc1.O=C1NC(C2CCCCC2)COC1CCCO. The molecule has 0 spiro atoms. The summed E-state index contributed by atoms with van der Waals surface area (Å²) in [5, 5.41) is 12.1. The van der Waals surface area contributed by atoms with Gasteiger partial charge < -0.3 is 34.0 Å². The van der Waals surface area contributed by atoms with Gasteiger partial charge in [0, 0.05) is 19.8 Å². The number of rotatable bonds is 13. The Morgan fingerprint density at radius 2 is 1.46 bits per heavy atom. The molecule has 4 unspecified atom stereocenters. The van der Waals surface area contributed by atoms with Crippen LogP contribution in [0, 0.1) is 11.8 Å². The fraction of sp³-hybridized carbons (Fsp3) is 0.800. The van der Waals surface area contributed by atoms with E-state index in [2.05, 4.69) is 56.2 Å². The zero-order valence-corrected chi connectivity index (χ0v) is 33.1. The van der Waals surface area contributed by atoms with Crippen LogP contribution in [-0.4, -0.2) is 88.0 Å². The molecule has 50 heavy (non-hydrogen) atoms. The van der Waals surface area contributed by atoms with Gasteiger partial charge in [0.15, 0.2) is 8.32 Å². The molecule has 284 valence electrons. The number of nitrogens with zero attached hydrogens (tertiary/aromatic N) is 1. The summed E-state index contributed by atoms with van der Waals surface area (Å²) in [4.78, 5) is 27.6. The van der Waals surface area contributed by atoms with Crippen molar-refractivity contribution in [2.45, 2.75) is 160 Å². The molecule has 2 N–H and O–H groups in total. The highest BCUT2D eigenvalue weighted by Gasteiger charge is 2.41. The number of amides is 2. The van der Waals surface area contributed by atoms with Crippen molar-refractivity contribution in [2.75, 3.05) is 33.5 Å². The van der Waals surface area contributed by atoms with Gasteiger partial charge in [0.2, 0.25) is 5.91 Å². The van der Waals surface area contributed by atoms with E-state index < -0.39 is 8.32 Å². The number of aliphatic hydroxyl groups excluding tert-OH is 1. The van der Waals surface area contributed by atoms with Crippen molar-refractivity contribution in [3.05, 3.63) is 29.8 Å². The zero-order chi connectivity index (χ0) is 36.1. The Balaban J connectivity index is 0.000000276. The maximum absolute atomic E-state index is 13.6. The van der Waals surface area contributed by atoms with Crippen LogP contribution in [0.5, 0.6) is 5.75 Å². The van der Waals surface area contributed by atoms with E-state index in [-0.39, 0.29) is 47.8 Å². The number of carbonyl (C=O) groups excluding carboxylic acids is 2. The average molecular weight is 717 g/mol. The number of ether oxygens (including phenoxy) is 3. The highest BCUT2D eigenvalue weighted by atomic mass is 28.4. The molecule has 1 aromatic rings. The molecule has 2 saturated heterocycles. The molecule has 5 rings (SSSR count). The fourth-order valence-electron chi connectivity index (χ4n) is 7.67. The monoisotopic (exact) mass is 716 g/mol. The van der Waals surface area contributed by atoms with Crippen molar-refractivity contribution in [1.82, 2.24) is 10.2 Å². The van der Waals surface area contributed by atoms with Gasteiger partial charge in [0.05, 0.1) is 32.4 Å². The standard InChI is InChI=1S/C27H45NO4Si.C13H23NO3/c1-27(2,3)33(5,6)32-18-10-13-25-26(29)28(19-21-14-16-23(30-4)17-15-21)24(20-31-25)22-11-8-7-9-12-22;15-8-4-7-12-13(16)14-11(9-17-12)10-5-2-1-3-6-10/h14-17,22,24-25H,7-13,18-20H2,1-6H3;10-12,15H,1-9H2,(H,14,16). The number of morpholine rings is 2. The summed E-state index contributed by atoms with van der Waals surface area (Å²) < 4.78 is 23.5. The van der Waals surface area contributed by atoms with Crippen molar-refractivity contribution in [3.63, 3.8) is 0 Å². The van der Waals surface area contributed by atoms with Crippen LogP contribution in [0.3, 0.4) is 0 Å². The first kappa shape index (κ1) is 40.8. The summed E-state index contributed by atoms with van der Waals surface area (Å²) in [6, 6.07) is 8.49. The van der Waals surface area contributed by atoms with Crippen LogP contribution in [0.1, 0.15) is 116 Å². The van der Waals surface area contributed by atoms with Crippen LogP contribution in [0.4, 0.5) is 0 Å². The van der Waals surface area contributed by atoms with Crippen molar-refractivity contribution in [1.29, 1.82) is 0 Å². The van der Waals surface area contributed by atoms with E-state index in [1.807, 2.05) is 12.1 Å². The molecule has 4 aliphatic rings. The first-order valence-electron chi connectivity index (χ1n) is 19.7. The summed E-state index contributed by atoms with van der Waals surface area (Å²) in [5.41, 5.74) is 1.15. The first-order valence-corrected chi connectivity index (χ1v) is 22.6. The topological polar surface area (TPSA) is 107 Å². The minimum Gasteiger partial charge on any atom is -0.497 e. The van der Waals surface area contributed by atoms with Crippen LogP contribution in [0.25, 0.3) is 0 Å². The molecule has 0 aromatic heterocycles. The van der Waals surface area contributed by atoms with Gasteiger partial charge in [-0.2, -0.15) is 0 Å². The second kappa shape index (κ2) is 19.7. The third-order valence-corrected chi connectivity index (χ3v) is 16.5. The molecule has 2 amide bonds. The van der Waals surface area contributed by atoms with Gasteiger partial charge in [0.25, 0.3) is 5.91 Å². The zero-order valence-electron chi connectivity index (χ0n) is 32.1. The van der Waals surface area contributed by atoms with Gasteiger partial charge in [-0.05, 0) is 99.0 Å². The molecule has 2 saturated carbocycles. The van der Waals surface area contributed by atoms with E-state index in [9.17, 15) is 9.59 Å². The Kier molecular flexibility index (Phi) is 16.1. The second-order valence-electron chi connectivity index (χ2n) is 16.6. The molecule has 1 aromatic carbocycles. The van der Waals surface area contributed by atoms with Gasteiger partial charge in [-0.15, -0.1) is 0 Å². The van der Waals surface area contributed by atoms with Crippen molar-refractivity contribution in [2.24, 2.45) is 11.8 Å². The number of nitrogens with one attached hydrogen (secondary N) is 1.